The largest absolute Gasteiger partial charge is 0.307 e. The molecule has 0 aliphatic heterocycles. The summed E-state index contributed by atoms with van der Waals surface area (Å²) in [6.45, 7) is 0. The van der Waals surface area contributed by atoms with E-state index >= 15 is 0 Å². The van der Waals surface area contributed by atoms with E-state index in [2.05, 4.69) is 138 Å². The number of hydrogen-bond donors (Lipinski definition) is 0. The molecular formula is C46H27N3. The van der Waals surface area contributed by atoms with Crippen LogP contribution >= 0.6 is 0 Å². The van der Waals surface area contributed by atoms with Gasteiger partial charge in [-0.2, -0.15) is 10.5 Å². The van der Waals surface area contributed by atoms with Crippen molar-refractivity contribution in [3.8, 4) is 51.2 Å². The molecule has 0 aliphatic carbocycles. The lowest BCUT2D eigenvalue weighted by atomic mass is 9.83. The Morgan fingerprint density at radius 3 is 1.39 bits per heavy atom. The molecule has 3 nitrogen and oxygen atoms in total. The molecule has 49 heavy (non-hydrogen) atoms. The van der Waals surface area contributed by atoms with Crippen LogP contribution in [0.1, 0.15) is 11.1 Å². The highest BCUT2D eigenvalue weighted by Gasteiger charge is 2.24. The zero-order valence-electron chi connectivity index (χ0n) is 26.4. The fraction of sp³-hybridized carbons (Fsp3) is 0. The van der Waals surface area contributed by atoms with Gasteiger partial charge in [-0.1, -0.05) is 146 Å². The molecule has 1 aromatic heterocycles. The van der Waals surface area contributed by atoms with Crippen LogP contribution in [0, 0.1) is 22.7 Å². The topological polar surface area (TPSA) is 52.5 Å². The first-order valence-corrected chi connectivity index (χ1v) is 16.3. The Hall–Kier alpha value is -6.94. The lowest BCUT2D eigenvalue weighted by molar-refractivity contribution is 1.16. The average molecular weight is 622 g/mol. The standard InChI is InChI=1S/C46H27N3/c47-28-31-26-27-33(41(29-48)46(31)49-42-24-12-10-17-34(42)35-18-11-13-25-43(35)49)32-16-4-5-19-36(32)45-39-22-8-6-20-37(39)44(30-14-2-1-3-15-30)38-21-7-9-23-40(38)45/h1-27H. The second-order valence-corrected chi connectivity index (χ2v) is 12.2. The molecule has 0 saturated heterocycles. The van der Waals surface area contributed by atoms with Crippen molar-refractivity contribution in [3.63, 3.8) is 0 Å². The Balaban J connectivity index is 1.39. The first kappa shape index (κ1) is 28.3. The Morgan fingerprint density at radius 2 is 0.837 bits per heavy atom. The molecule has 0 unspecified atom stereocenters. The van der Waals surface area contributed by atoms with Gasteiger partial charge in [-0.05, 0) is 67.6 Å². The number of rotatable bonds is 4. The maximum Gasteiger partial charge on any atom is 0.102 e. The molecule has 0 fully saturated rings. The molecule has 8 aromatic carbocycles. The Kier molecular flexibility index (Phi) is 6.58. The van der Waals surface area contributed by atoms with Gasteiger partial charge in [0.2, 0.25) is 0 Å². The van der Waals surface area contributed by atoms with Gasteiger partial charge in [-0.25, -0.2) is 0 Å². The number of benzene rings is 8. The predicted molar refractivity (Wildman–Crippen MR) is 202 cm³/mol. The zero-order chi connectivity index (χ0) is 32.9. The summed E-state index contributed by atoms with van der Waals surface area (Å²) in [5.41, 5.74) is 9.68. The van der Waals surface area contributed by atoms with Crippen molar-refractivity contribution in [3.05, 3.63) is 175 Å². The van der Waals surface area contributed by atoms with Crippen LogP contribution in [0.3, 0.4) is 0 Å². The first-order chi connectivity index (χ1) is 24.3. The molecule has 0 N–H and O–H groups in total. The molecule has 9 aromatic rings. The molecule has 3 heteroatoms. The number of para-hydroxylation sites is 2. The van der Waals surface area contributed by atoms with E-state index < -0.39 is 0 Å². The van der Waals surface area contributed by atoms with Gasteiger partial charge in [-0.15, -0.1) is 0 Å². The van der Waals surface area contributed by atoms with Crippen LogP contribution in [-0.2, 0) is 0 Å². The highest BCUT2D eigenvalue weighted by Crippen LogP contribution is 2.47. The molecule has 226 valence electrons. The van der Waals surface area contributed by atoms with Crippen molar-refractivity contribution in [1.82, 2.24) is 4.57 Å². The molecule has 0 spiro atoms. The maximum atomic E-state index is 11.0. The van der Waals surface area contributed by atoms with E-state index in [1.54, 1.807) is 0 Å². The first-order valence-electron chi connectivity index (χ1n) is 16.3. The number of aromatic nitrogens is 1. The second-order valence-electron chi connectivity index (χ2n) is 12.2. The monoisotopic (exact) mass is 621 g/mol. The van der Waals surface area contributed by atoms with Gasteiger partial charge in [0.25, 0.3) is 0 Å². The van der Waals surface area contributed by atoms with E-state index in [4.69, 9.17) is 0 Å². The summed E-state index contributed by atoms with van der Waals surface area (Å²) in [7, 11) is 0. The van der Waals surface area contributed by atoms with E-state index in [9.17, 15) is 10.5 Å². The predicted octanol–water partition coefficient (Wildman–Crippen LogP) is 11.8. The normalized spacial score (nSPS) is 11.2. The average Bonchev–Trinajstić information content (AvgIpc) is 3.50. The summed E-state index contributed by atoms with van der Waals surface area (Å²) in [4.78, 5) is 0. The van der Waals surface area contributed by atoms with Gasteiger partial charge in [0.15, 0.2) is 0 Å². The lowest BCUT2D eigenvalue weighted by Gasteiger charge is -2.21. The van der Waals surface area contributed by atoms with Crippen molar-refractivity contribution in [2.75, 3.05) is 0 Å². The molecule has 0 amide bonds. The minimum Gasteiger partial charge on any atom is -0.307 e. The Labute approximate surface area is 283 Å². The third-order valence-corrected chi connectivity index (χ3v) is 9.69. The van der Waals surface area contributed by atoms with Gasteiger partial charge in [0.1, 0.15) is 12.1 Å². The minimum atomic E-state index is 0.451. The van der Waals surface area contributed by atoms with Crippen molar-refractivity contribution in [2.24, 2.45) is 0 Å². The van der Waals surface area contributed by atoms with Crippen LogP contribution in [0.15, 0.2) is 164 Å². The SMILES string of the molecule is N#Cc1ccc(-c2ccccc2-c2c3ccccc3c(-c3ccccc3)c3ccccc23)c(C#N)c1-n1c2ccccc2c2ccccc21. The Morgan fingerprint density at radius 1 is 0.367 bits per heavy atom. The van der Waals surface area contributed by atoms with Crippen LogP contribution in [0.4, 0.5) is 0 Å². The van der Waals surface area contributed by atoms with Crippen molar-refractivity contribution >= 4 is 43.4 Å². The number of hydrogen-bond acceptors (Lipinski definition) is 2. The lowest BCUT2D eigenvalue weighted by Crippen LogP contribution is -2.03. The summed E-state index contributed by atoms with van der Waals surface area (Å²) >= 11 is 0. The van der Waals surface area contributed by atoms with E-state index in [0.29, 0.717) is 16.8 Å². The number of nitriles is 2. The fourth-order valence-electron chi connectivity index (χ4n) is 7.69. The van der Waals surface area contributed by atoms with E-state index in [1.165, 1.54) is 21.9 Å². The van der Waals surface area contributed by atoms with Crippen LogP contribution in [0.2, 0.25) is 0 Å². The third kappa shape index (κ3) is 4.27. The third-order valence-electron chi connectivity index (χ3n) is 9.69. The van der Waals surface area contributed by atoms with Crippen LogP contribution in [0.25, 0.3) is 82.4 Å². The minimum absolute atomic E-state index is 0.451. The summed E-state index contributed by atoms with van der Waals surface area (Å²) in [6.07, 6.45) is 0. The molecular weight excluding hydrogens is 595 g/mol. The molecule has 0 saturated carbocycles. The van der Waals surface area contributed by atoms with Crippen LogP contribution in [0.5, 0.6) is 0 Å². The van der Waals surface area contributed by atoms with Crippen LogP contribution < -0.4 is 0 Å². The molecule has 0 bridgehead atoms. The summed E-state index contributed by atoms with van der Waals surface area (Å²) in [6, 6.07) is 61.3. The van der Waals surface area contributed by atoms with Crippen molar-refractivity contribution < 1.29 is 0 Å². The number of nitrogens with zero attached hydrogens (tertiary/aromatic N) is 3. The molecule has 0 radical (unpaired) electrons. The van der Waals surface area contributed by atoms with Crippen molar-refractivity contribution in [1.29, 1.82) is 10.5 Å². The Bertz CT molecular complexity index is 2740. The van der Waals surface area contributed by atoms with Gasteiger partial charge in [-0.3, -0.25) is 0 Å². The van der Waals surface area contributed by atoms with Gasteiger partial charge in [0, 0.05) is 16.3 Å². The highest BCUT2D eigenvalue weighted by molar-refractivity contribution is 6.22. The van der Waals surface area contributed by atoms with Crippen molar-refractivity contribution in [2.45, 2.75) is 0 Å². The second kappa shape index (κ2) is 11.4. The van der Waals surface area contributed by atoms with Gasteiger partial charge < -0.3 is 4.57 Å². The molecule has 0 aliphatic rings. The quantitative estimate of drug-likeness (QED) is 0.184. The van der Waals surface area contributed by atoms with E-state index in [0.717, 1.165) is 54.8 Å². The molecule has 0 atom stereocenters. The van der Waals surface area contributed by atoms with Gasteiger partial charge in [0.05, 0.1) is 27.8 Å². The maximum absolute atomic E-state index is 11.0. The van der Waals surface area contributed by atoms with E-state index in [1.807, 2.05) is 42.5 Å². The van der Waals surface area contributed by atoms with E-state index in [-0.39, 0.29) is 0 Å². The molecule has 1 heterocycles. The summed E-state index contributed by atoms with van der Waals surface area (Å²) < 4.78 is 2.09. The van der Waals surface area contributed by atoms with Crippen LogP contribution in [-0.4, -0.2) is 4.57 Å². The smallest absolute Gasteiger partial charge is 0.102 e. The van der Waals surface area contributed by atoms with Gasteiger partial charge >= 0.3 is 0 Å². The summed E-state index contributed by atoms with van der Waals surface area (Å²) in [5.74, 6) is 0. The fourth-order valence-corrected chi connectivity index (χ4v) is 7.69. The zero-order valence-corrected chi connectivity index (χ0v) is 26.4. The number of fused-ring (bicyclic) bond motifs is 5. The highest BCUT2D eigenvalue weighted by atomic mass is 15.0. The summed E-state index contributed by atoms with van der Waals surface area (Å²) in [5, 5.41) is 28.3. The molecule has 9 rings (SSSR count).